The summed E-state index contributed by atoms with van der Waals surface area (Å²) in [5, 5.41) is 0. The Morgan fingerprint density at radius 3 is 2.11 bits per heavy atom. The lowest BCUT2D eigenvalue weighted by molar-refractivity contribution is -0.161. The second kappa shape index (κ2) is 9.56. The summed E-state index contributed by atoms with van der Waals surface area (Å²) >= 11 is 0. The van der Waals surface area contributed by atoms with Crippen LogP contribution in [0.15, 0.2) is 36.4 Å². The van der Waals surface area contributed by atoms with E-state index in [2.05, 4.69) is 55.1 Å². The molecule has 4 saturated carbocycles. The molecule has 1 atom stereocenters. The quantitative estimate of drug-likeness (QED) is 0.430. The highest BCUT2D eigenvalue weighted by Crippen LogP contribution is 2.61. The number of amides is 1. The van der Waals surface area contributed by atoms with Crippen molar-refractivity contribution < 1.29 is 19.0 Å². The van der Waals surface area contributed by atoms with Crippen molar-refractivity contribution in [1.29, 1.82) is 0 Å². The van der Waals surface area contributed by atoms with Gasteiger partial charge in [0.15, 0.2) is 11.5 Å². The Balaban J connectivity index is 1.32. The molecule has 5 nitrogen and oxygen atoms in total. The molecule has 5 aliphatic rings. The number of rotatable bonds is 7. The average Bonchev–Trinajstić information content (AvgIpc) is 2.89. The molecule has 1 unspecified atom stereocenters. The minimum Gasteiger partial charge on any atom is -0.493 e. The van der Waals surface area contributed by atoms with Gasteiger partial charge in [-0.25, -0.2) is 0 Å². The summed E-state index contributed by atoms with van der Waals surface area (Å²) in [5.74, 6) is 5.37. The topological polar surface area (TPSA) is 48.0 Å². The molecule has 0 N–H and O–H groups in total. The smallest absolute Gasteiger partial charge is 0.229 e. The summed E-state index contributed by atoms with van der Waals surface area (Å²) < 4.78 is 17.7. The van der Waals surface area contributed by atoms with Gasteiger partial charge in [0.25, 0.3) is 0 Å². The fourth-order valence-electron chi connectivity index (χ4n) is 8.25. The van der Waals surface area contributed by atoms with Crippen molar-refractivity contribution in [2.45, 2.75) is 70.8 Å². The molecule has 5 heteroatoms. The lowest BCUT2D eigenvalue weighted by Gasteiger charge is -2.57. The van der Waals surface area contributed by atoms with Crippen LogP contribution in [0.1, 0.15) is 81.0 Å². The minimum absolute atomic E-state index is 0.145. The van der Waals surface area contributed by atoms with E-state index >= 15 is 0 Å². The van der Waals surface area contributed by atoms with Gasteiger partial charge in [0, 0.05) is 6.54 Å². The molecule has 4 bridgehead atoms. The van der Waals surface area contributed by atoms with Gasteiger partial charge in [0.2, 0.25) is 5.91 Å². The molecule has 1 amide bonds. The van der Waals surface area contributed by atoms with Crippen molar-refractivity contribution in [2.24, 2.45) is 23.2 Å². The maximum absolute atomic E-state index is 14.5. The highest BCUT2D eigenvalue weighted by atomic mass is 16.5. The summed E-state index contributed by atoms with van der Waals surface area (Å²) in [6, 6.07) is 12.4. The first-order chi connectivity index (χ1) is 17.9. The number of benzene rings is 2. The third-order valence-electron chi connectivity index (χ3n) is 9.71. The average molecular weight is 504 g/mol. The predicted molar refractivity (Wildman–Crippen MR) is 144 cm³/mol. The highest BCUT2D eigenvalue weighted by molar-refractivity contribution is 5.84. The van der Waals surface area contributed by atoms with Gasteiger partial charge < -0.3 is 19.1 Å². The number of hydrogen-bond donors (Lipinski definition) is 0. The van der Waals surface area contributed by atoms with E-state index in [4.69, 9.17) is 14.2 Å². The van der Waals surface area contributed by atoms with Crippen molar-refractivity contribution >= 4 is 5.91 Å². The molecule has 2 aromatic rings. The fourth-order valence-corrected chi connectivity index (χ4v) is 8.25. The molecule has 198 valence electrons. The third kappa shape index (κ3) is 4.38. The molecule has 37 heavy (non-hydrogen) atoms. The van der Waals surface area contributed by atoms with E-state index < -0.39 is 0 Å². The maximum atomic E-state index is 14.5. The molecular formula is C32H41NO4. The van der Waals surface area contributed by atoms with E-state index in [1.165, 1.54) is 30.4 Å². The highest BCUT2D eigenvalue weighted by Gasteiger charge is 2.56. The van der Waals surface area contributed by atoms with Crippen LogP contribution in [-0.4, -0.2) is 38.2 Å². The van der Waals surface area contributed by atoms with Crippen LogP contribution in [0.5, 0.6) is 17.2 Å². The van der Waals surface area contributed by atoms with Gasteiger partial charge >= 0.3 is 0 Å². The Kier molecular flexibility index (Phi) is 6.37. The molecule has 0 radical (unpaired) electrons. The molecule has 0 aromatic heterocycles. The van der Waals surface area contributed by atoms with E-state index in [1.807, 2.05) is 0 Å². The first-order valence-electron chi connectivity index (χ1n) is 14.2. The van der Waals surface area contributed by atoms with Gasteiger partial charge in [-0.1, -0.05) is 26.0 Å². The van der Waals surface area contributed by atoms with Crippen LogP contribution in [0.3, 0.4) is 0 Å². The fraction of sp³-hybridized carbons (Fsp3) is 0.594. The Labute approximate surface area is 221 Å². The summed E-state index contributed by atoms with van der Waals surface area (Å²) in [5.41, 5.74) is 3.47. The predicted octanol–water partition coefficient (Wildman–Crippen LogP) is 6.55. The second-order valence-corrected chi connectivity index (χ2v) is 12.4. The number of carbonyl (C=O) groups is 1. The first kappa shape index (κ1) is 24.6. The molecule has 4 aliphatic carbocycles. The zero-order chi connectivity index (χ0) is 25.7. The molecule has 7 rings (SSSR count). The van der Waals surface area contributed by atoms with Gasteiger partial charge in [-0.3, -0.25) is 4.79 Å². The number of fused-ring (bicyclic) bond motifs is 1. The number of ether oxygens (including phenoxy) is 3. The largest absolute Gasteiger partial charge is 0.493 e. The molecule has 2 aromatic carbocycles. The molecule has 1 heterocycles. The van der Waals surface area contributed by atoms with Gasteiger partial charge in [-0.05, 0) is 110 Å². The van der Waals surface area contributed by atoms with Crippen LogP contribution in [0, 0.1) is 23.2 Å². The van der Waals surface area contributed by atoms with Crippen molar-refractivity contribution in [3.8, 4) is 17.2 Å². The number of nitrogens with zero attached hydrogens (tertiary/aromatic N) is 1. The molecular weight excluding hydrogens is 462 g/mol. The normalized spacial score (nSPS) is 29.8. The standard InChI is InChI=1S/C32H41NO4/c1-20(2)24-5-7-26(8-6-24)37-19-28-27-15-30(36-4)29(35-3)14-25(27)9-10-33(28)31(34)32-16-21-11-22(17-32)13-23(12-21)18-32/h5-8,14-15,20-23,28H,9-13,16-19H2,1-4H3. The summed E-state index contributed by atoms with van der Waals surface area (Å²) in [6.45, 7) is 5.56. The van der Waals surface area contributed by atoms with Crippen LogP contribution in [0.2, 0.25) is 0 Å². The lowest BCUT2D eigenvalue weighted by atomic mass is 9.49. The number of methoxy groups -OCH3 is 2. The monoisotopic (exact) mass is 503 g/mol. The molecule has 1 aliphatic heterocycles. The van der Waals surface area contributed by atoms with Gasteiger partial charge in [0.05, 0.1) is 25.7 Å². The van der Waals surface area contributed by atoms with Crippen molar-refractivity contribution in [2.75, 3.05) is 27.4 Å². The zero-order valence-electron chi connectivity index (χ0n) is 22.8. The Bertz CT molecular complexity index is 1120. The first-order valence-corrected chi connectivity index (χ1v) is 14.2. The minimum atomic E-state index is -0.167. The van der Waals surface area contributed by atoms with Crippen LogP contribution in [0.25, 0.3) is 0 Å². The molecule has 4 fully saturated rings. The van der Waals surface area contributed by atoms with Gasteiger partial charge in [-0.15, -0.1) is 0 Å². The van der Waals surface area contributed by atoms with E-state index in [-0.39, 0.29) is 11.5 Å². The van der Waals surface area contributed by atoms with Crippen LogP contribution in [0.4, 0.5) is 0 Å². The SMILES string of the molecule is COc1cc2c(cc1OC)C(COc1ccc(C(C)C)cc1)N(C(=O)C13CC4CC(CC(C4)C1)C3)CC2. The van der Waals surface area contributed by atoms with Crippen LogP contribution < -0.4 is 14.2 Å². The van der Waals surface area contributed by atoms with Gasteiger partial charge in [0.1, 0.15) is 12.4 Å². The molecule has 0 saturated heterocycles. The van der Waals surface area contributed by atoms with Crippen LogP contribution in [-0.2, 0) is 11.2 Å². The Morgan fingerprint density at radius 1 is 0.946 bits per heavy atom. The number of carbonyl (C=O) groups excluding carboxylic acids is 1. The lowest BCUT2D eigenvalue weighted by Crippen LogP contribution is -2.56. The third-order valence-corrected chi connectivity index (χ3v) is 9.71. The van der Waals surface area contributed by atoms with Crippen molar-refractivity contribution in [3.05, 3.63) is 53.1 Å². The van der Waals surface area contributed by atoms with E-state index in [0.29, 0.717) is 24.2 Å². The maximum Gasteiger partial charge on any atom is 0.229 e. The second-order valence-electron chi connectivity index (χ2n) is 12.4. The van der Waals surface area contributed by atoms with Crippen molar-refractivity contribution in [1.82, 2.24) is 4.90 Å². The number of hydrogen-bond acceptors (Lipinski definition) is 4. The van der Waals surface area contributed by atoms with Crippen LogP contribution >= 0.6 is 0 Å². The van der Waals surface area contributed by atoms with Crippen molar-refractivity contribution in [3.63, 3.8) is 0 Å². The Hall–Kier alpha value is -2.69. The molecule has 0 spiro atoms. The van der Waals surface area contributed by atoms with Gasteiger partial charge in [-0.2, -0.15) is 0 Å². The van der Waals surface area contributed by atoms with E-state index in [0.717, 1.165) is 67.0 Å². The summed E-state index contributed by atoms with van der Waals surface area (Å²) in [4.78, 5) is 16.7. The zero-order valence-corrected chi connectivity index (χ0v) is 22.8. The summed E-state index contributed by atoms with van der Waals surface area (Å²) in [6.07, 6.45) is 8.08. The summed E-state index contributed by atoms with van der Waals surface area (Å²) in [7, 11) is 3.35. The Morgan fingerprint density at radius 2 is 1.54 bits per heavy atom. The van der Waals surface area contributed by atoms with E-state index in [1.54, 1.807) is 14.2 Å². The van der Waals surface area contributed by atoms with E-state index in [9.17, 15) is 4.79 Å².